The van der Waals surface area contributed by atoms with Crippen LogP contribution >= 0.6 is 23.4 Å². The van der Waals surface area contributed by atoms with Crippen LogP contribution in [0.3, 0.4) is 0 Å². The van der Waals surface area contributed by atoms with Crippen molar-refractivity contribution >= 4 is 35.1 Å². The van der Waals surface area contributed by atoms with Gasteiger partial charge in [0.2, 0.25) is 0 Å². The molecule has 0 saturated heterocycles. The van der Waals surface area contributed by atoms with Gasteiger partial charge in [0.05, 0.1) is 17.2 Å². The quantitative estimate of drug-likeness (QED) is 0.747. The van der Waals surface area contributed by atoms with Crippen LogP contribution in [0.1, 0.15) is 13.8 Å². The van der Waals surface area contributed by atoms with E-state index in [9.17, 15) is 4.79 Å². The first kappa shape index (κ1) is 15.1. The monoisotopic (exact) mass is 288 g/mol. The van der Waals surface area contributed by atoms with Gasteiger partial charge in [-0.2, -0.15) is 0 Å². The van der Waals surface area contributed by atoms with Gasteiger partial charge in [-0.1, -0.05) is 11.6 Å². The lowest BCUT2D eigenvalue weighted by Gasteiger charge is -2.23. The van der Waals surface area contributed by atoms with Gasteiger partial charge in [0.25, 0.3) is 0 Å². The Labute approximate surface area is 116 Å². The maximum atomic E-state index is 11.7. The SMILES string of the molecule is CSc1ccc(NC(=O)NC(C)(C)CO)cc1Cl. The molecule has 4 nitrogen and oxygen atoms in total. The summed E-state index contributed by atoms with van der Waals surface area (Å²) in [6.45, 7) is 3.33. The normalized spacial score (nSPS) is 11.2. The van der Waals surface area contributed by atoms with Crippen molar-refractivity contribution in [2.24, 2.45) is 0 Å². The standard InChI is InChI=1S/C12H17ClN2O2S/c1-12(2,7-16)15-11(17)14-8-4-5-10(18-3)9(13)6-8/h4-6,16H,7H2,1-3H3,(H2,14,15,17). The second kappa shape index (κ2) is 6.31. The van der Waals surface area contributed by atoms with Crippen LogP contribution in [0.15, 0.2) is 23.1 Å². The minimum absolute atomic E-state index is 0.132. The summed E-state index contributed by atoms with van der Waals surface area (Å²) in [4.78, 5) is 12.6. The van der Waals surface area contributed by atoms with Gasteiger partial charge in [0.15, 0.2) is 0 Å². The molecule has 0 heterocycles. The Morgan fingerprint density at radius 1 is 1.50 bits per heavy atom. The highest BCUT2D eigenvalue weighted by Crippen LogP contribution is 2.27. The Bertz CT molecular complexity index is 438. The van der Waals surface area contributed by atoms with Crippen LogP contribution in [-0.2, 0) is 0 Å². The highest BCUT2D eigenvalue weighted by atomic mass is 35.5. The molecule has 0 atom stereocenters. The van der Waals surface area contributed by atoms with E-state index >= 15 is 0 Å². The number of carbonyl (C=O) groups excluding carboxylic acids is 1. The second-order valence-corrected chi connectivity index (χ2v) is 5.73. The first-order valence-electron chi connectivity index (χ1n) is 5.41. The maximum absolute atomic E-state index is 11.7. The molecule has 100 valence electrons. The highest BCUT2D eigenvalue weighted by molar-refractivity contribution is 7.98. The molecule has 2 amide bonds. The number of benzene rings is 1. The van der Waals surface area contributed by atoms with Crippen molar-refractivity contribution in [3.63, 3.8) is 0 Å². The lowest BCUT2D eigenvalue weighted by molar-refractivity contribution is 0.187. The Morgan fingerprint density at radius 3 is 2.67 bits per heavy atom. The van der Waals surface area contributed by atoms with Gasteiger partial charge >= 0.3 is 6.03 Å². The summed E-state index contributed by atoms with van der Waals surface area (Å²) in [5.74, 6) is 0. The van der Waals surface area contributed by atoms with E-state index in [0.29, 0.717) is 10.7 Å². The first-order valence-corrected chi connectivity index (χ1v) is 7.02. The minimum atomic E-state index is -0.660. The van der Waals surface area contributed by atoms with Crippen molar-refractivity contribution in [3.05, 3.63) is 23.2 Å². The summed E-state index contributed by atoms with van der Waals surface area (Å²) in [5, 5.41) is 15.0. The summed E-state index contributed by atoms with van der Waals surface area (Å²) >= 11 is 7.58. The molecule has 0 saturated carbocycles. The number of nitrogens with one attached hydrogen (secondary N) is 2. The van der Waals surface area contributed by atoms with Crippen LogP contribution in [-0.4, -0.2) is 29.5 Å². The Hall–Kier alpha value is -0.910. The number of thioether (sulfide) groups is 1. The molecule has 1 aromatic rings. The average Bonchev–Trinajstić information content (AvgIpc) is 2.28. The van der Waals surface area contributed by atoms with Crippen molar-refractivity contribution in [1.29, 1.82) is 0 Å². The van der Waals surface area contributed by atoms with E-state index in [2.05, 4.69) is 10.6 Å². The number of urea groups is 1. The van der Waals surface area contributed by atoms with Crippen LogP contribution in [0.2, 0.25) is 5.02 Å². The summed E-state index contributed by atoms with van der Waals surface area (Å²) in [7, 11) is 0. The predicted octanol–water partition coefficient (Wildman–Crippen LogP) is 2.95. The number of anilines is 1. The van der Waals surface area contributed by atoms with Crippen molar-refractivity contribution < 1.29 is 9.90 Å². The zero-order valence-corrected chi connectivity index (χ0v) is 12.2. The highest BCUT2D eigenvalue weighted by Gasteiger charge is 2.19. The third-order valence-electron chi connectivity index (χ3n) is 2.26. The molecule has 3 N–H and O–H groups in total. The van der Waals surface area contributed by atoms with Crippen molar-refractivity contribution in [2.45, 2.75) is 24.3 Å². The Balaban J connectivity index is 2.68. The smallest absolute Gasteiger partial charge is 0.319 e. The van der Waals surface area contributed by atoms with Gasteiger partial charge in [0.1, 0.15) is 0 Å². The topological polar surface area (TPSA) is 61.4 Å². The number of hydrogen-bond donors (Lipinski definition) is 3. The second-order valence-electron chi connectivity index (χ2n) is 4.47. The average molecular weight is 289 g/mol. The van der Waals surface area contributed by atoms with Crippen LogP contribution in [0.25, 0.3) is 0 Å². The van der Waals surface area contributed by atoms with Gasteiger partial charge in [-0.25, -0.2) is 4.79 Å². The molecule has 6 heteroatoms. The fourth-order valence-corrected chi connectivity index (χ4v) is 2.12. The number of hydrogen-bond acceptors (Lipinski definition) is 3. The molecule has 0 aliphatic rings. The zero-order valence-electron chi connectivity index (χ0n) is 10.6. The first-order chi connectivity index (χ1) is 8.38. The minimum Gasteiger partial charge on any atom is -0.394 e. The lowest BCUT2D eigenvalue weighted by atomic mass is 10.1. The van der Waals surface area contributed by atoms with Crippen LogP contribution in [0.4, 0.5) is 10.5 Å². The third-order valence-corrected chi connectivity index (χ3v) is 3.48. The van der Waals surface area contributed by atoms with Gasteiger partial charge in [-0.05, 0) is 38.3 Å². The fraction of sp³-hybridized carbons (Fsp3) is 0.417. The molecule has 0 fully saturated rings. The van der Waals surface area contributed by atoms with Crippen LogP contribution in [0.5, 0.6) is 0 Å². The van der Waals surface area contributed by atoms with Crippen molar-refractivity contribution in [3.8, 4) is 0 Å². The molecule has 1 aromatic carbocycles. The summed E-state index contributed by atoms with van der Waals surface area (Å²) in [6, 6.07) is 4.95. The number of aliphatic hydroxyl groups excluding tert-OH is 1. The summed E-state index contributed by atoms with van der Waals surface area (Å²) < 4.78 is 0. The molecule has 18 heavy (non-hydrogen) atoms. The Morgan fingerprint density at radius 2 is 2.17 bits per heavy atom. The van der Waals surface area contributed by atoms with Crippen LogP contribution in [0, 0.1) is 0 Å². The van der Waals surface area contributed by atoms with Crippen molar-refractivity contribution in [1.82, 2.24) is 5.32 Å². The van der Waals surface area contributed by atoms with Gasteiger partial charge in [-0.3, -0.25) is 0 Å². The molecule has 0 aliphatic carbocycles. The van der Waals surface area contributed by atoms with E-state index in [-0.39, 0.29) is 12.6 Å². The maximum Gasteiger partial charge on any atom is 0.319 e. The predicted molar refractivity (Wildman–Crippen MR) is 76.6 cm³/mol. The van der Waals surface area contributed by atoms with Crippen LogP contribution < -0.4 is 10.6 Å². The zero-order chi connectivity index (χ0) is 13.8. The largest absolute Gasteiger partial charge is 0.394 e. The number of carbonyl (C=O) groups is 1. The molecule has 0 spiro atoms. The molecular weight excluding hydrogens is 272 g/mol. The molecule has 0 unspecified atom stereocenters. The van der Waals surface area contributed by atoms with Gasteiger partial charge in [0, 0.05) is 10.6 Å². The molecular formula is C12H17ClN2O2S. The van der Waals surface area contributed by atoms with E-state index in [4.69, 9.17) is 16.7 Å². The number of amides is 2. The lowest BCUT2D eigenvalue weighted by Crippen LogP contribution is -2.48. The van der Waals surface area contributed by atoms with E-state index in [1.54, 1.807) is 37.7 Å². The molecule has 1 rings (SSSR count). The molecule has 0 aliphatic heterocycles. The van der Waals surface area contributed by atoms with Gasteiger partial charge < -0.3 is 15.7 Å². The fourth-order valence-electron chi connectivity index (χ4n) is 1.25. The summed E-state index contributed by atoms with van der Waals surface area (Å²) in [5.41, 5.74) is -0.0448. The third kappa shape index (κ3) is 4.40. The Kier molecular flexibility index (Phi) is 5.31. The number of rotatable bonds is 4. The summed E-state index contributed by atoms with van der Waals surface area (Å²) in [6.07, 6.45) is 1.94. The van der Waals surface area contributed by atoms with E-state index in [1.165, 1.54) is 0 Å². The number of aliphatic hydroxyl groups is 1. The van der Waals surface area contributed by atoms with Gasteiger partial charge in [-0.15, -0.1) is 11.8 Å². The van der Waals surface area contributed by atoms with E-state index in [1.807, 2.05) is 12.3 Å². The molecule has 0 bridgehead atoms. The molecule has 0 aromatic heterocycles. The van der Waals surface area contributed by atoms with Crippen molar-refractivity contribution in [2.75, 3.05) is 18.2 Å². The molecule has 0 radical (unpaired) electrons. The van der Waals surface area contributed by atoms with E-state index < -0.39 is 5.54 Å². The number of halogens is 1. The van der Waals surface area contributed by atoms with E-state index in [0.717, 1.165) is 4.90 Å².